The molecule has 0 radical (unpaired) electrons. The van der Waals surface area contributed by atoms with Crippen LogP contribution < -0.4 is 10.6 Å². The molecule has 0 saturated heterocycles. The van der Waals surface area contributed by atoms with Gasteiger partial charge < -0.3 is 10.6 Å². The summed E-state index contributed by atoms with van der Waals surface area (Å²) >= 11 is 3.11. The van der Waals surface area contributed by atoms with Crippen LogP contribution in [0, 0.1) is 11.7 Å². The molecule has 1 aromatic carbocycles. The van der Waals surface area contributed by atoms with Gasteiger partial charge in [0.1, 0.15) is 5.82 Å². The summed E-state index contributed by atoms with van der Waals surface area (Å²) in [6.45, 7) is 4.26. The van der Waals surface area contributed by atoms with Crippen LogP contribution in [0.2, 0.25) is 0 Å². The first-order chi connectivity index (χ1) is 12.7. The van der Waals surface area contributed by atoms with E-state index < -0.39 is 17.7 Å². The van der Waals surface area contributed by atoms with E-state index in [1.54, 1.807) is 6.07 Å². The van der Waals surface area contributed by atoms with E-state index in [1.807, 2.05) is 0 Å². The van der Waals surface area contributed by atoms with Gasteiger partial charge in [0.15, 0.2) is 5.69 Å². The van der Waals surface area contributed by atoms with Gasteiger partial charge in [-0.3, -0.25) is 0 Å². The third kappa shape index (κ3) is 4.77. The molecular weight excluding hydrogens is 428 g/mol. The minimum atomic E-state index is -4.70. The highest BCUT2D eigenvalue weighted by molar-refractivity contribution is 9.10. The Balaban J connectivity index is 1.83. The summed E-state index contributed by atoms with van der Waals surface area (Å²) in [4.78, 5) is 7.45. The first-order valence-electron chi connectivity index (χ1n) is 8.33. The standard InChI is InChI=1S/C18H17BrF4N4/c1-10(24-8-11-3-2-4-11)13-9-25-17(27-16(13)18(21,22)23)26-15-6-5-12(19)7-14(15)20/h5-7,9,11,24H,1-4,8H2,(H,25,26,27). The van der Waals surface area contributed by atoms with E-state index in [9.17, 15) is 17.6 Å². The second-order valence-electron chi connectivity index (χ2n) is 6.36. The normalized spacial score (nSPS) is 14.6. The van der Waals surface area contributed by atoms with Crippen molar-refractivity contribution in [1.29, 1.82) is 0 Å². The Bertz CT molecular complexity index is 850. The Hall–Kier alpha value is -2.16. The van der Waals surface area contributed by atoms with E-state index in [0.717, 1.165) is 25.5 Å². The maximum absolute atomic E-state index is 13.9. The van der Waals surface area contributed by atoms with Gasteiger partial charge in [0, 0.05) is 28.5 Å². The van der Waals surface area contributed by atoms with Crippen molar-refractivity contribution in [3.05, 3.63) is 52.5 Å². The van der Waals surface area contributed by atoms with Crippen LogP contribution in [0.5, 0.6) is 0 Å². The first kappa shape index (κ1) is 19.6. The fourth-order valence-electron chi connectivity index (χ4n) is 2.65. The van der Waals surface area contributed by atoms with Gasteiger partial charge in [0.05, 0.1) is 5.69 Å². The topological polar surface area (TPSA) is 49.8 Å². The van der Waals surface area contributed by atoms with Crippen molar-refractivity contribution in [1.82, 2.24) is 15.3 Å². The van der Waals surface area contributed by atoms with Crippen molar-refractivity contribution >= 4 is 33.3 Å². The minimum absolute atomic E-state index is 0.0268. The molecule has 2 N–H and O–H groups in total. The van der Waals surface area contributed by atoms with E-state index in [2.05, 4.69) is 43.1 Å². The second kappa shape index (κ2) is 7.84. The molecule has 1 aliphatic carbocycles. The van der Waals surface area contributed by atoms with Crippen molar-refractivity contribution < 1.29 is 17.6 Å². The lowest BCUT2D eigenvalue weighted by Crippen LogP contribution is -2.27. The number of rotatable bonds is 6. The second-order valence-corrected chi connectivity index (χ2v) is 7.27. The molecule has 1 heterocycles. The Kier molecular flexibility index (Phi) is 5.69. The average Bonchev–Trinajstić information content (AvgIpc) is 2.55. The molecular formula is C18H17BrF4N4. The van der Waals surface area contributed by atoms with Gasteiger partial charge in [0.2, 0.25) is 5.95 Å². The Morgan fingerprint density at radius 2 is 2.04 bits per heavy atom. The SMILES string of the molecule is C=C(NCC1CCC1)c1cnc(Nc2ccc(Br)cc2F)nc1C(F)(F)F. The third-order valence-corrected chi connectivity index (χ3v) is 4.88. The van der Waals surface area contributed by atoms with Gasteiger partial charge in [0.25, 0.3) is 0 Å². The van der Waals surface area contributed by atoms with Gasteiger partial charge in [-0.25, -0.2) is 14.4 Å². The summed E-state index contributed by atoms with van der Waals surface area (Å²) in [5, 5.41) is 5.42. The summed E-state index contributed by atoms with van der Waals surface area (Å²) in [7, 11) is 0. The fourth-order valence-corrected chi connectivity index (χ4v) is 2.98. The smallest absolute Gasteiger partial charge is 0.385 e. The molecule has 0 unspecified atom stereocenters. The van der Waals surface area contributed by atoms with Gasteiger partial charge >= 0.3 is 6.18 Å². The average molecular weight is 445 g/mol. The van der Waals surface area contributed by atoms with Crippen molar-refractivity contribution in [2.45, 2.75) is 25.4 Å². The number of nitrogens with one attached hydrogen (secondary N) is 2. The fraction of sp³-hybridized carbons (Fsp3) is 0.333. The summed E-state index contributed by atoms with van der Waals surface area (Å²) in [6, 6.07) is 4.12. The van der Waals surface area contributed by atoms with Crippen LogP contribution >= 0.6 is 15.9 Å². The number of halogens is 5. The quantitative estimate of drug-likeness (QED) is 0.577. The molecule has 0 amide bonds. The van der Waals surface area contributed by atoms with E-state index >= 15 is 0 Å². The van der Waals surface area contributed by atoms with Crippen LogP contribution in [-0.4, -0.2) is 16.5 Å². The van der Waals surface area contributed by atoms with Crippen LogP contribution in [0.15, 0.2) is 35.4 Å². The maximum atomic E-state index is 13.9. The molecule has 0 bridgehead atoms. The lowest BCUT2D eigenvalue weighted by atomic mass is 9.85. The zero-order valence-corrected chi connectivity index (χ0v) is 15.8. The number of anilines is 2. The molecule has 4 nitrogen and oxygen atoms in total. The highest BCUT2D eigenvalue weighted by Crippen LogP contribution is 2.34. The van der Waals surface area contributed by atoms with Crippen LogP contribution in [0.3, 0.4) is 0 Å². The van der Waals surface area contributed by atoms with E-state index in [-0.39, 0.29) is 22.9 Å². The molecule has 1 saturated carbocycles. The first-order valence-corrected chi connectivity index (χ1v) is 9.13. The zero-order chi connectivity index (χ0) is 19.6. The molecule has 2 aromatic rings. The van der Waals surface area contributed by atoms with Crippen molar-refractivity contribution in [3.63, 3.8) is 0 Å². The molecule has 9 heteroatoms. The Morgan fingerprint density at radius 1 is 1.30 bits per heavy atom. The minimum Gasteiger partial charge on any atom is -0.385 e. The molecule has 0 aliphatic heterocycles. The van der Waals surface area contributed by atoms with Crippen LogP contribution in [0.25, 0.3) is 5.70 Å². The largest absolute Gasteiger partial charge is 0.434 e. The number of benzene rings is 1. The molecule has 0 spiro atoms. The van der Waals surface area contributed by atoms with Gasteiger partial charge in [-0.1, -0.05) is 28.9 Å². The number of aromatic nitrogens is 2. The number of alkyl halides is 3. The molecule has 0 atom stereocenters. The zero-order valence-electron chi connectivity index (χ0n) is 14.2. The van der Waals surface area contributed by atoms with E-state index in [4.69, 9.17) is 0 Å². The summed E-state index contributed by atoms with van der Waals surface area (Å²) in [6.07, 6.45) is -0.392. The lowest BCUT2D eigenvalue weighted by Gasteiger charge is -2.26. The van der Waals surface area contributed by atoms with Gasteiger partial charge in [-0.2, -0.15) is 13.2 Å². The lowest BCUT2D eigenvalue weighted by molar-refractivity contribution is -0.141. The molecule has 27 heavy (non-hydrogen) atoms. The van der Waals surface area contributed by atoms with Crippen molar-refractivity contribution in [2.24, 2.45) is 5.92 Å². The monoisotopic (exact) mass is 444 g/mol. The predicted molar refractivity (Wildman–Crippen MR) is 98.8 cm³/mol. The molecule has 1 aromatic heterocycles. The number of nitrogens with zero attached hydrogens (tertiary/aromatic N) is 2. The molecule has 1 fully saturated rings. The van der Waals surface area contributed by atoms with E-state index in [1.165, 1.54) is 12.1 Å². The highest BCUT2D eigenvalue weighted by Gasteiger charge is 2.37. The summed E-state index contributed by atoms with van der Waals surface area (Å²) in [5.41, 5.74) is -1.25. The van der Waals surface area contributed by atoms with Crippen LogP contribution in [0.4, 0.5) is 29.2 Å². The van der Waals surface area contributed by atoms with Crippen molar-refractivity contribution in [3.8, 4) is 0 Å². The van der Waals surface area contributed by atoms with Gasteiger partial charge in [-0.05, 0) is 37.0 Å². The summed E-state index contributed by atoms with van der Waals surface area (Å²) in [5.74, 6) is -0.533. The molecule has 1 aliphatic rings. The summed E-state index contributed by atoms with van der Waals surface area (Å²) < 4.78 is 54.8. The van der Waals surface area contributed by atoms with Crippen LogP contribution in [-0.2, 0) is 6.18 Å². The van der Waals surface area contributed by atoms with Gasteiger partial charge in [-0.15, -0.1) is 0 Å². The number of hydrogen-bond acceptors (Lipinski definition) is 4. The third-order valence-electron chi connectivity index (χ3n) is 4.39. The number of hydrogen-bond donors (Lipinski definition) is 2. The predicted octanol–water partition coefficient (Wildman–Crippen LogP) is 5.50. The van der Waals surface area contributed by atoms with Crippen molar-refractivity contribution in [2.75, 3.05) is 11.9 Å². The maximum Gasteiger partial charge on any atom is 0.434 e. The highest BCUT2D eigenvalue weighted by atomic mass is 79.9. The molecule has 144 valence electrons. The Labute approximate surface area is 162 Å². The van der Waals surface area contributed by atoms with E-state index in [0.29, 0.717) is 16.9 Å². The van der Waals surface area contributed by atoms with Crippen LogP contribution in [0.1, 0.15) is 30.5 Å². The molecule has 3 rings (SSSR count). The Morgan fingerprint density at radius 3 is 2.63 bits per heavy atom.